The predicted molar refractivity (Wildman–Crippen MR) is 93.3 cm³/mol. The second-order valence-electron chi connectivity index (χ2n) is 5.43. The number of rotatable bonds is 4. The average molecular weight is 304 g/mol. The molecule has 0 aliphatic rings. The summed E-state index contributed by atoms with van der Waals surface area (Å²) in [6, 6.07) is 19.2. The van der Waals surface area contributed by atoms with Gasteiger partial charge < -0.3 is 4.98 Å². The summed E-state index contributed by atoms with van der Waals surface area (Å²) < 4.78 is 0. The molecule has 0 spiro atoms. The molecule has 3 heteroatoms. The first-order chi connectivity index (χ1) is 10.9. The molecule has 0 amide bonds. The van der Waals surface area contributed by atoms with E-state index in [4.69, 9.17) is 0 Å². The normalized spacial score (nSPS) is 11.1. The van der Waals surface area contributed by atoms with Crippen LogP contribution in [-0.4, -0.2) is 9.97 Å². The Morgan fingerprint density at radius 1 is 0.909 bits per heavy atom. The zero-order chi connectivity index (χ0) is 14.8. The van der Waals surface area contributed by atoms with E-state index in [2.05, 4.69) is 75.3 Å². The Labute approximate surface area is 133 Å². The smallest absolute Gasteiger partial charge is 0.139 e. The van der Waals surface area contributed by atoms with Crippen molar-refractivity contribution in [1.29, 1.82) is 0 Å². The second kappa shape index (κ2) is 5.78. The van der Waals surface area contributed by atoms with E-state index >= 15 is 0 Å². The van der Waals surface area contributed by atoms with Crippen LogP contribution in [0.1, 0.15) is 11.1 Å². The molecule has 0 saturated carbocycles. The third-order valence-corrected chi connectivity index (χ3v) is 4.57. The quantitative estimate of drug-likeness (QED) is 0.560. The summed E-state index contributed by atoms with van der Waals surface area (Å²) in [6.45, 7) is 0. The predicted octanol–water partition coefficient (Wildman–Crippen LogP) is 5.08. The van der Waals surface area contributed by atoms with Gasteiger partial charge in [-0.15, -0.1) is 0 Å². The summed E-state index contributed by atoms with van der Waals surface area (Å²) in [5, 5.41) is 4.20. The second-order valence-corrected chi connectivity index (χ2v) is 6.21. The van der Waals surface area contributed by atoms with E-state index in [-0.39, 0.29) is 0 Å². The molecule has 2 aromatic carbocycles. The maximum atomic E-state index is 4.67. The summed E-state index contributed by atoms with van der Waals surface area (Å²) in [5.41, 5.74) is 6.03. The van der Waals surface area contributed by atoms with Gasteiger partial charge in [0.05, 0.1) is 11.0 Å². The lowest BCUT2D eigenvalue weighted by Crippen LogP contribution is -1.90. The van der Waals surface area contributed by atoms with Crippen molar-refractivity contribution in [1.82, 2.24) is 9.97 Å². The largest absolute Gasteiger partial charge is 0.338 e. The zero-order valence-corrected chi connectivity index (χ0v) is 12.9. The lowest BCUT2D eigenvalue weighted by atomic mass is 10.0. The molecular formula is C19H16N2S. The van der Waals surface area contributed by atoms with Crippen LogP contribution in [0.25, 0.3) is 22.4 Å². The van der Waals surface area contributed by atoms with Crippen molar-refractivity contribution in [2.45, 2.75) is 12.8 Å². The number of H-pyrrole nitrogens is 1. The third kappa shape index (κ3) is 2.68. The van der Waals surface area contributed by atoms with E-state index in [0.29, 0.717) is 0 Å². The minimum atomic E-state index is 0.955. The highest BCUT2D eigenvalue weighted by Gasteiger charge is 2.06. The van der Waals surface area contributed by atoms with Gasteiger partial charge in [0, 0.05) is 10.9 Å². The van der Waals surface area contributed by atoms with E-state index in [1.54, 1.807) is 11.3 Å². The van der Waals surface area contributed by atoms with Crippen LogP contribution < -0.4 is 0 Å². The van der Waals surface area contributed by atoms with Crippen LogP contribution >= 0.6 is 11.3 Å². The van der Waals surface area contributed by atoms with Crippen LogP contribution in [0.3, 0.4) is 0 Å². The number of aromatic nitrogens is 2. The van der Waals surface area contributed by atoms with E-state index in [1.807, 2.05) is 0 Å². The van der Waals surface area contributed by atoms with Crippen molar-refractivity contribution < 1.29 is 0 Å². The van der Waals surface area contributed by atoms with Crippen LogP contribution in [-0.2, 0) is 12.8 Å². The highest BCUT2D eigenvalue weighted by atomic mass is 32.1. The molecule has 22 heavy (non-hydrogen) atoms. The molecule has 1 N–H and O–H groups in total. The van der Waals surface area contributed by atoms with E-state index in [0.717, 1.165) is 35.3 Å². The fourth-order valence-electron chi connectivity index (χ4n) is 2.68. The average Bonchev–Trinajstić information content (AvgIpc) is 3.22. The first-order valence-electron chi connectivity index (χ1n) is 7.44. The molecule has 0 radical (unpaired) electrons. The Kier molecular flexibility index (Phi) is 3.49. The minimum Gasteiger partial charge on any atom is -0.338 e. The molecule has 0 aliphatic heterocycles. The van der Waals surface area contributed by atoms with Gasteiger partial charge in [-0.05, 0) is 47.5 Å². The molecule has 0 atom stereocenters. The van der Waals surface area contributed by atoms with E-state index < -0.39 is 0 Å². The Hall–Kier alpha value is -2.39. The number of aryl methyl sites for hydroxylation is 2. The van der Waals surface area contributed by atoms with Crippen molar-refractivity contribution in [3.05, 3.63) is 76.5 Å². The lowest BCUT2D eigenvalue weighted by molar-refractivity contribution is 0.962. The maximum absolute atomic E-state index is 4.67. The number of nitrogens with zero attached hydrogens (tertiary/aromatic N) is 1. The van der Waals surface area contributed by atoms with Crippen molar-refractivity contribution in [2.24, 2.45) is 0 Å². The van der Waals surface area contributed by atoms with Gasteiger partial charge >= 0.3 is 0 Å². The van der Waals surface area contributed by atoms with Gasteiger partial charge in [-0.2, -0.15) is 11.3 Å². The van der Waals surface area contributed by atoms with Crippen molar-refractivity contribution in [3.8, 4) is 11.4 Å². The van der Waals surface area contributed by atoms with Crippen LogP contribution in [0.2, 0.25) is 0 Å². The molecule has 2 heterocycles. The van der Waals surface area contributed by atoms with Gasteiger partial charge in [-0.25, -0.2) is 4.98 Å². The number of nitrogens with one attached hydrogen (secondary N) is 1. The molecule has 0 fully saturated rings. The van der Waals surface area contributed by atoms with Gasteiger partial charge in [0.2, 0.25) is 0 Å². The molecule has 0 unspecified atom stereocenters. The van der Waals surface area contributed by atoms with Gasteiger partial charge in [0.25, 0.3) is 0 Å². The highest BCUT2D eigenvalue weighted by molar-refractivity contribution is 7.08. The number of imidazole rings is 1. The van der Waals surface area contributed by atoms with Crippen molar-refractivity contribution in [3.63, 3.8) is 0 Å². The van der Waals surface area contributed by atoms with E-state index in [9.17, 15) is 0 Å². The fourth-order valence-corrected chi connectivity index (χ4v) is 3.32. The summed E-state index contributed by atoms with van der Waals surface area (Å²) in [6.07, 6.45) is 2.12. The third-order valence-electron chi connectivity index (χ3n) is 3.89. The van der Waals surface area contributed by atoms with Gasteiger partial charge in [0.1, 0.15) is 5.82 Å². The first-order valence-corrected chi connectivity index (χ1v) is 8.38. The van der Waals surface area contributed by atoms with Gasteiger partial charge in [-0.3, -0.25) is 0 Å². The number of thiophene rings is 1. The van der Waals surface area contributed by atoms with Crippen molar-refractivity contribution in [2.75, 3.05) is 0 Å². The number of hydrogen-bond donors (Lipinski definition) is 1. The summed E-state index contributed by atoms with van der Waals surface area (Å²) in [4.78, 5) is 8.10. The number of benzene rings is 2. The fraction of sp³-hybridized carbons (Fsp3) is 0.105. The Bertz CT molecular complexity index is 876. The zero-order valence-electron chi connectivity index (χ0n) is 12.1. The maximum Gasteiger partial charge on any atom is 0.139 e. The molecule has 2 aromatic heterocycles. The van der Waals surface area contributed by atoms with Crippen LogP contribution in [0.15, 0.2) is 65.4 Å². The molecule has 0 saturated heterocycles. The number of aromatic amines is 1. The standard InChI is InChI=1S/C19H16N2S/c1-2-4-14(5-3-1)6-7-15-8-9-17-18(12-15)21-19(20-17)16-10-11-22-13-16/h1-5,8-13H,6-7H2,(H,20,21). The summed E-state index contributed by atoms with van der Waals surface area (Å²) >= 11 is 1.69. The van der Waals surface area contributed by atoms with Gasteiger partial charge in [-0.1, -0.05) is 36.4 Å². The molecule has 2 nitrogen and oxygen atoms in total. The molecule has 4 rings (SSSR count). The molecule has 4 aromatic rings. The van der Waals surface area contributed by atoms with Crippen molar-refractivity contribution >= 4 is 22.4 Å². The van der Waals surface area contributed by atoms with Crippen LogP contribution in [0.5, 0.6) is 0 Å². The minimum absolute atomic E-state index is 0.955. The SMILES string of the molecule is c1ccc(CCc2ccc3nc(-c4ccsc4)[nH]c3c2)cc1. The first kappa shape index (κ1) is 13.3. The monoisotopic (exact) mass is 304 g/mol. The van der Waals surface area contributed by atoms with Crippen LogP contribution in [0.4, 0.5) is 0 Å². The molecule has 0 aliphatic carbocycles. The Morgan fingerprint density at radius 2 is 1.77 bits per heavy atom. The Morgan fingerprint density at radius 3 is 2.59 bits per heavy atom. The summed E-state index contributed by atoms with van der Waals surface area (Å²) in [5.74, 6) is 0.955. The van der Waals surface area contributed by atoms with E-state index in [1.165, 1.54) is 11.1 Å². The number of hydrogen-bond acceptors (Lipinski definition) is 2. The van der Waals surface area contributed by atoms with Crippen LogP contribution in [0, 0.1) is 0 Å². The topological polar surface area (TPSA) is 28.7 Å². The summed E-state index contributed by atoms with van der Waals surface area (Å²) in [7, 11) is 0. The Balaban J connectivity index is 1.58. The molecule has 0 bridgehead atoms. The highest BCUT2D eigenvalue weighted by Crippen LogP contribution is 2.23. The number of fused-ring (bicyclic) bond motifs is 1. The molecule has 108 valence electrons. The molecular weight excluding hydrogens is 288 g/mol. The van der Waals surface area contributed by atoms with Gasteiger partial charge in [0.15, 0.2) is 0 Å². The lowest BCUT2D eigenvalue weighted by Gasteiger charge is -2.02.